The monoisotopic (exact) mass is 1060 g/mol. The van der Waals surface area contributed by atoms with Crippen LogP contribution in [0.3, 0.4) is 0 Å². The SMILES string of the molecule is Cc1ccccc1[C@@H]1CCCN1C1CC2(CCN(c3ccc(C(=O)NS(=O)(=O)c4ccc(NCC5CCOCC5)c([N+](=O)[O-])c4)c(N4C[C@@H]5COC[C@H]5Oc5nc6c(ccn6COCC[Si](C)(C)C)cc54)c3)CC2)C1. The van der Waals surface area contributed by atoms with Crippen molar-refractivity contribution in [2.75, 3.05) is 80.9 Å². The number of carbonyl (C=O) groups excluding carboxylic acids is 1. The van der Waals surface area contributed by atoms with Crippen LogP contribution in [0.15, 0.2) is 83.9 Å². The van der Waals surface area contributed by atoms with E-state index in [-0.39, 0.29) is 34.6 Å². The van der Waals surface area contributed by atoms with E-state index < -0.39 is 39.5 Å². The highest BCUT2D eigenvalue weighted by Gasteiger charge is 2.50. The highest BCUT2D eigenvalue weighted by molar-refractivity contribution is 7.90. The largest absolute Gasteiger partial charge is 0.470 e. The molecule has 5 aromatic rings. The summed E-state index contributed by atoms with van der Waals surface area (Å²) in [5.74, 6) is -0.322. The summed E-state index contributed by atoms with van der Waals surface area (Å²) in [5.41, 5.74) is 5.82. The quantitative estimate of drug-likeness (QED) is 0.0412. The first-order valence-corrected chi connectivity index (χ1v) is 32.3. The number of likely N-dealkylation sites (tertiary alicyclic amines) is 1. The van der Waals surface area contributed by atoms with Crippen LogP contribution in [0.1, 0.15) is 78.9 Å². The predicted molar refractivity (Wildman–Crippen MR) is 293 cm³/mol. The van der Waals surface area contributed by atoms with Gasteiger partial charge in [-0.3, -0.25) is 19.8 Å². The van der Waals surface area contributed by atoms with Crippen LogP contribution in [0, 0.1) is 34.3 Å². The van der Waals surface area contributed by atoms with Crippen molar-refractivity contribution in [1.82, 2.24) is 19.2 Å². The lowest BCUT2D eigenvalue weighted by molar-refractivity contribution is -0.384. The summed E-state index contributed by atoms with van der Waals surface area (Å²) in [6.07, 6.45) is 10.2. The van der Waals surface area contributed by atoms with Crippen molar-refractivity contribution >= 4 is 63.5 Å². The van der Waals surface area contributed by atoms with E-state index in [1.165, 1.54) is 48.9 Å². The number of nitro benzene ring substituents is 1. The zero-order valence-electron chi connectivity index (χ0n) is 43.8. The first-order chi connectivity index (χ1) is 36.1. The molecule has 6 aliphatic rings. The summed E-state index contributed by atoms with van der Waals surface area (Å²) in [6, 6.07) is 24.3. The number of pyridine rings is 1. The number of fused-ring (bicyclic) bond motifs is 3. The van der Waals surface area contributed by atoms with Gasteiger partial charge in [-0.15, -0.1) is 0 Å². The van der Waals surface area contributed by atoms with Crippen LogP contribution in [-0.2, 0) is 31.0 Å². The van der Waals surface area contributed by atoms with E-state index in [4.69, 9.17) is 23.9 Å². The molecule has 1 saturated carbocycles. The summed E-state index contributed by atoms with van der Waals surface area (Å²) in [7, 11) is -5.91. The number of nitrogens with zero attached hydrogens (tertiary/aromatic N) is 6. The number of rotatable bonds is 16. The number of ether oxygens (including phenoxy) is 4. The molecule has 0 bridgehead atoms. The fraction of sp³-hybridized carbons (Fsp3) is 0.536. The predicted octanol–water partition coefficient (Wildman–Crippen LogP) is 9.65. The highest BCUT2D eigenvalue weighted by atomic mass is 32.2. The molecule has 0 radical (unpaired) electrons. The van der Waals surface area contributed by atoms with Gasteiger partial charge in [0.15, 0.2) is 0 Å². The third-order valence-electron chi connectivity index (χ3n) is 17.0. The van der Waals surface area contributed by atoms with Crippen molar-refractivity contribution in [3.8, 4) is 5.88 Å². The lowest BCUT2D eigenvalue weighted by Gasteiger charge is -2.56. The van der Waals surface area contributed by atoms with Gasteiger partial charge < -0.3 is 38.6 Å². The number of piperidine rings is 1. The van der Waals surface area contributed by atoms with E-state index in [9.17, 15) is 23.3 Å². The number of anilines is 4. The van der Waals surface area contributed by atoms with Crippen molar-refractivity contribution in [2.24, 2.45) is 17.3 Å². The van der Waals surface area contributed by atoms with E-state index in [0.29, 0.717) is 87.8 Å². The Morgan fingerprint density at radius 1 is 0.947 bits per heavy atom. The molecule has 3 atom stereocenters. The number of aromatic nitrogens is 2. The van der Waals surface area contributed by atoms with Crippen molar-refractivity contribution in [1.29, 1.82) is 0 Å². The van der Waals surface area contributed by atoms with Gasteiger partial charge in [0.05, 0.1) is 34.3 Å². The second-order valence-corrected chi connectivity index (χ2v) is 30.5. The van der Waals surface area contributed by atoms with Crippen molar-refractivity contribution < 1.29 is 37.1 Å². The van der Waals surface area contributed by atoms with Crippen LogP contribution in [0.5, 0.6) is 5.88 Å². The molecule has 75 heavy (non-hydrogen) atoms. The lowest BCUT2D eigenvalue weighted by atomic mass is 9.59. The smallest absolute Gasteiger partial charge is 0.293 e. The van der Waals surface area contributed by atoms with Gasteiger partial charge in [0.1, 0.15) is 29.9 Å². The van der Waals surface area contributed by atoms with Gasteiger partial charge in [-0.05, 0) is 136 Å². The number of nitrogens with one attached hydrogen (secondary N) is 2. The fourth-order valence-electron chi connectivity index (χ4n) is 12.5. The van der Waals surface area contributed by atoms with E-state index in [0.717, 1.165) is 68.5 Å². The molecule has 2 aromatic heterocycles. The lowest BCUT2D eigenvalue weighted by Crippen LogP contribution is -2.54. The maximum absolute atomic E-state index is 14.8. The topological polar surface area (TPSA) is 183 Å². The summed E-state index contributed by atoms with van der Waals surface area (Å²) >= 11 is 0. The minimum atomic E-state index is -4.61. The van der Waals surface area contributed by atoms with Crippen LogP contribution in [0.4, 0.5) is 28.4 Å². The molecule has 0 unspecified atom stereocenters. The Balaban J connectivity index is 0.889. The van der Waals surface area contributed by atoms with Crippen molar-refractivity contribution in [2.45, 2.75) is 114 Å². The molecule has 17 nitrogen and oxygen atoms in total. The summed E-state index contributed by atoms with van der Waals surface area (Å²) < 4.78 is 57.1. The van der Waals surface area contributed by atoms with Gasteiger partial charge in [-0.25, -0.2) is 13.1 Å². The zero-order valence-corrected chi connectivity index (χ0v) is 45.6. The molecule has 1 spiro atoms. The number of carbonyl (C=O) groups is 1. The van der Waals surface area contributed by atoms with Gasteiger partial charge in [0, 0.05) is 95.4 Å². The molecular formula is C56H72N8O9SSi. The molecular weight excluding hydrogens is 989 g/mol. The second-order valence-electron chi connectivity index (χ2n) is 23.2. The average Bonchev–Trinajstić information content (AvgIpc) is 4.13. The molecule has 400 valence electrons. The number of sulfonamides is 1. The van der Waals surface area contributed by atoms with E-state index in [1.54, 1.807) is 6.07 Å². The summed E-state index contributed by atoms with van der Waals surface area (Å²) in [4.78, 5) is 38.5. The van der Waals surface area contributed by atoms with Crippen LogP contribution in [0.25, 0.3) is 11.0 Å². The Morgan fingerprint density at radius 3 is 2.52 bits per heavy atom. The molecule has 4 saturated heterocycles. The number of benzene rings is 3. The maximum Gasteiger partial charge on any atom is 0.293 e. The number of nitro groups is 1. The molecule has 11 rings (SSSR count). The first kappa shape index (κ1) is 51.5. The maximum atomic E-state index is 14.8. The van der Waals surface area contributed by atoms with Crippen molar-refractivity contribution in [3.63, 3.8) is 0 Å². The highest BCUT2D eigenvalue weighted by Crippen LogP contribution is 2.54. The molecule has 5 aliphatic heterocycles. The Kier molecular flexibility index (Phi) is 14.5. The average molecular weight is 1060 g/mol. The molecule has 5 fully saturated rings. The number of aryl methyl sites for hydroxylation is 1. The summed E-state index contributed by atoms with van der Waals surface area (Å²) in [5, 5.41) is 16.4. The standard InChI is InChI=1S/C56H72N8O9SSi/c1-38-8-5-6-9-45(38)48-10-7-20-62(48)43-31-56(32-43)18-22-60(23-19-56)42-11-13-46(54(65)59-74(68,69)44-12-14-47(50(30-44)64(66)67)57-33-39-16-24-70-25-17-39)49(29-42)63-34-41-35-72-36-52(41)73-55-51(63)28-40-15-21-61(53(40)58-55)37-71-26-27-75(2,3)4/h5-6,8-9,11-15,21,28-30,39,41,43,48,52,57H,7,10,16-20,22-27,31-37H2,1-4H3,(H,59,65)/t41-,48+,52-/m1/s1. The minimum Gasteiger partial charge on any atom is -0.470 e. The molecule has 1 aliphatic carbocycles. The third kappa shape index (κ3) is 10.9. The van der Waals surface area contributed by atoms with E-state index in [1.807, 2.05) is 39.9 Å². The van der Waals surface area contributed by atoms with Crippen molar-refractivity contribution in [3.05, 3.63) is 106 Å². The Morgan fingerprint density at radius 2 is 1.75 bits per heavy atom. The second kappa shape index (κ2) is 21.1. The van der Waals surface area contributed by atoms with E-state index in [2.05, 4.69) is 70.7 Å². The Hall–Kier alpha value is -5.57. The molecule has 3 aromatic carbocycles. The Bertz CT molecular complexity index is 3030. The van der Waals surface area contributed by atoms with Crippen LogP contribution < -0.4 is 24.6 Å². The number of hydrogen-bond acceptors (Lipinski definition) is 14. The van der Waals surface area contributed by atoms with Crippen LogP contribution in [0.2, 0.25) is 25.7 Å². The number of amides is 1. The summed E-state index contributed by atoms with van der Waals surface area (Å²) in [6.45, 7) is 16.0. The zero-order chi connectivity index (χ0) is 52.1. The van der Waals surface area contributed by atoms with Crippen LogP contribution >= 0.6 is 0 Å². The first-order valence-electron chi connectivity index (χ1n) is 27.1. The van der Waals surface area contributed by atoms with Gasteiger partial charge in [-0.1, -0.05) is 43.9 Å². The minimum absolute atomic E-state index is 0.101. The van der Waals surface area contributed by atoms with Gasteiger partial charge in [-0.2, -0.15) is 4.98 Å². The van der Waals surface area contributed by atoms with Crippen LogP contribution in [-0.4, -0.2) is 120 Å². The molecule has 7 heterocycles. The fourth-order valence-corrected chi connectivity index (χ4v) is 14.2. The number of hydrogen-bond donors (Lipinski definition) is 2. The van der Waals surface area contributed by atoms with E-state index >= 15 is 0 Å². The molecule has 2 N–H and O–H groups in total. The van der Waals surface area contributed by atoms with Gasteiger partial charge in [0.25, 0.3) is 21.6 Å². The van der Waals surface area contributed by atoms with Gasteiger partial charge >= 0.3 is 0 Å². The normalized spacial score (nSPS) is 22.4. The van der Waals surface area contributed by atoms with Gasteiger partial charge in [0.2, 0.25) is 5.88 Å². The molecule has 1 amide bonds. The Labute approximate surface area is 441 Å². The third-order valence-corrected chi connectivity index (χ3v) is 20.0. The molecule has 19 heteroatoms.